The number of carbonyl (C=O) groups is 2. The molecule has 0 radical (unpaired) electrons. The molecule has 0 aromatic heterocycles. The molecular formula is C37H60O8. The third-order valence-electron chi connectivity index (χ3n) is 14.6. The fourth-order valence-electron chi connectivity index (χ4n) is 11.1. The fourth-order valence-corrected chi connectivity index (χ4v) is 11.1. The third-order valence-corrected chi connectivity index (χ3v) is 14.6. The molecule has 8 heteroatoms. The summed E-state index contributed by atoms with van der Waals surface area (Å²) in [5, 5.41) is 51.9. The van der Waals surface area contributed by atoms with E-state index in [1.54, 1.807) is 0 Å². The van der Waals surface area contributed by atoms with Gasteiger partial charge in [0.05, 0.1) is 30.5 Å². The molecule has 0 bridgehead atoms. The van der Waals surface area contributed by atoms with E-state index >= 15 is 0 Å². The van der Waals surface area contributed by atoms with Crippen molar-refractivity contribution in [3.63, 3.8) is 0 Å². The number of Topliss-reactive ketones (excluding diaryl/α,β-unsaturated/α-hetero) is 1. The van der Waals surface area contributed by atoms with Crippen molar-refractivity contribution in [3.05, 3.63) is 12.2 Å². The highest BCUT2D eigenvalue weighted by Crippen LogP contribution is 2.61. The molecule has 5 N–H and O–H groups in total. The predicted molar refractivity (Wildman–Crippen MR) is 171 cm³/mol. The lowest BCUT2D eigenvalue weighted by Crippen LogP contribution is -2.56. The summed E-state index contributed by atoms with van der Waals surface area (Å²) < 4.78 is 5.76. The first-order chi connectivity index (χ1) is 21.0. The summed E-state index contributed by atoms with van der Waals surface area (Å²) in [5.41, 5.74) is 0.350. The first kappa shape index (κ1) is 35.0. The van der Waals surface area contributed by atoms with Crippen LogP contribution in [0.15, 0.2) is 12.2 Å². The van der Waals surface area contributed by atoms with Crippen LogP contribution in [-0.4, -0.2) is 73.9 Å². The predicted octanol–water partition coefficient (Wildman–Crippen LogP) is 4.87. The van der Waals surface area contributed by atoms with Gasteiger partial charge in [0.1, 0.15) is 11.9 Å². The van der Waals surface area contributed by atoms with Gasteiger partial charge in [-0.15, -0.1) is 0 Å². The van der Waals surface area contributed by atoms with E-state index in [0.29, 0.717) is 31.6 Å². The van der Waals surface area contributed by atoms with Crippen LogP contribution in [0.2, 0.25) is 0 Å². The topological polar surface area (TPSA) is 145 Å². The zero-order valence-corrected chi connectivity index (χ0v) is 28.3. The molecule has 0 heterocycles. The SMILES string of the molecule is C=C1CCC2[C@H](O)C([C@@]3(C)CC[C@H](O)C[C@@H]3O)CC[C@]12C.CC(=O)O[C@H]1C2CCC(=O)[C@@]2(C)CCC1[C@@]1(C)CC[C@H](O)C[C@@H]1O. The molecule has 0 aromatic rings. The van der Waals surface area contributed by atoms with Gasteiger partial charge in [-0.1, -0.05) is 39.8 Å². The lowest BCUT2D eigenvalue weighted by molar-refractivity contribution is -0.182. The quantitative estimate of drug-likeness (QED) is 0.219. The van der Waals surface area contributed by atoms with Gasteiger partial charge in [-0.25, -0.2) is 0 Å². The van der Waals surface area contributed by atoms with E-state index in [0.717, 1.165) is 64.2 Å². The number of ether oxygens (including phenoxy) is 1. The average molecular weight is 633 g/mol. The van der Waals surface area contributed by atoms with Crippen molar-refractivity contribution in [2.75, 3.05) is 0 Å². The first-order valence-electron chi connectivity index (χ1n) is 17.8. The number of rotatable bonds is 3. The van der Waals surface area contributed by atoms with Gasteiger partial charge >= 0.3 is 5.97 Å². The highest BCUT2D eigenvalue weighted by atomic mass is 16.5. The van der Waals surface area contributed by atoms with E-state index in [4.69, 9.17) is 4.74 Å². The van der Waals surface area contributed by atoms with Gasteiger partial charge in [0, 0.05) is 36.0 Å². The smallest absolute Gasteiger partial charge is 0.302 e. The summed E-state index contributed by atoms with van der Waals surface area (Å²) in [5.74, 6) is 0.482. The summed E-state index contributed by atoms with van der Waals surface area (Å²) in [7, 11) is 0. The van der Waals surface area contributed by atoms with Gasteiger partial charge < -0.3 is 30.3 Å². The van der Waals surface area contributed by atoms with Crippen molar-refractivity contribution in [2.45, 2.75) is 161 Å². The minimum Gasteiger partial charge on any atom is -0.462 e. The molecule has 4 unspecified atom stereocenters. The monoisotopic (exact) mass is 632 g/mol. The van der Waals surface area contributed by atoms with Crippen LogP contribution in [-0.2, 0) is 14.3 Å². The van der Waals surface area contributed by atoms with Gasteiger partial charge in [-0.3, -0.25) is 9.59 Å². The van der Waals surface area contributed by atoms with Crippen LogP contribution in [0.25, 0.3) is 0 Å². The molecule has 6 fully saturated rings. The highest BCUT2D eigenvalue weighted by Gasteiger charge is 2.60. The molecule has 8 nitrogen and oxygen atoms in total. The molecule has 14 atom stereocenters. The maximum Gasteiger partial charge on any atom is 0.302 e. The summed E-state index contributed by atoms with van der Waals surface area (Å²) in [6.07, 6.45) is 8.12. The van der Waals surface area contributed by atoms with Crippen LogP contribution in [0.5, 0.6) is 0 Å². The van der Waals surface area contributed by atoms with Gasteiger partial charge in [0.2, 0.25) is 0 Å². The molecule has 0 aliphatic heterocycles. The van der Waals surface area contributed by atoms with Crippen molar-refractivity contribution >= 4 is 11.8 Å². The number of allylic oxidation sites excluding steroid dienone is 1. The Morgan fingerprint density at radius 3 is 1.76 bits per heavy atom. The Hall–Kier alpha value is -1.32. The lowest BCUT2D eigenvalue weighted by Gasteiger charge is -2.54. The van der Waals surface area contributed by atoms with E-state index in [9.17, 15) is 35.1 Å². The minimum atomic E-state index is -0.606. The second-order valence-corrected chi connectivity index (χ2v) is 16.9. The normalized spacial score (nSPS) is 51.5. The van der Waals surface area contributed by atoms with Gasteiger partial charge in [-0.2, -0.15) is 0 Å². The Morgan fingerprint density at radius 1 is 0.689 bits per heavy atom. The van der Waals surface area contributed by atoms with Crippen LogP contribution < -0.4 is 0 Å². The van der Waals surface area contributed by atoms with E-state index < -0.39 is 23.7 Å². The Morgan fingerprint density at radius 2 is 1.20 bits per heavy atom. The Bertz CT molecular complexity index is 1140. The standard InChI is InChI=1S/C19H30O5.C18H30O3/c1-11(20)24-17-13-4-5-15(22)18(13,2)9-7-14(17)19(3)8-6-12(21)10-16(19)23;1-11-4-5-13-16(21)14(7-9-17(11,13)2)18(3)8-6-12(19)10-15(18)20/h12-14,16-17,21,23H,4-10H2,1-3H3;12-16,19-21H,1,4-10H2,2-3H3/t12-,13?,14?,16-,17-,18-,19+;12-,13?,14?,15-,16-,17+,18+/m00/s1. The maximum atomic E-state index is 12.4. The molecule has 256 valence electrons. The van der Waals surface area contributed by atoms with Crippen LogP contribution >= 0.6 is 0 Å². The molecule has 0 spiro atoms. The molecule has 0 amide bonds. The number of ketones is 1. The van der Waals surface area contributed by atoms with E-state index in [1.807, 2.05) is 6.92 Å². The molecule has 6 aliphatic carbocycles. The Labute approximate surface area is 270 Å². The van der Waals surface area contributed by atoms with Crippen LogP contribution in [0.3, 0.4) is 0 Å². The van der Waals surface area contributed by atoms with Crippen molar-refractivity contribution in [1.29, 1.82) is 0 Å². The van der Waals surface area contributed by atoms with Crippen molar-refractivity contribution < 1.29 is 39.9 Å². The second-order valence-electron chi connectivity index (χ2n) is 16.9. The van der Waals surface area contributed by atoms with Crippen LogP contribution in [0.1, 0.15) is 125 Å². The first-order valence-corrected chi connectivity index (χ1v) is 17.8. The van der Waals surface area contributed by atoms with Crippen molar-refractivity contribution in [1.82, 2.24) is 0 Å². The number of esters is 1. The van der Waals surface area contributed by atoms with Crippen molar-refractivity contribution in [2.24, 2.45) is 45.3 Å². The lowest BCUT2D eigenvalue weighted by atomic mass is 9.54. The van der Waals surface area contributed by atoms with E-state index in [2.05, 4.69) is 27.4 Å². The number of hydrogen-bond donors (Lipinski definition) is 5. The number of carbonyl (C=O) groups excluding carboxylic acids is 2. The van der Waals surface area contributed by atoms with E-state index in [-0.39, 0.29) is 64.1 Å². The van der Waals surface area contributed by atoms with E-state index in [1.165, 1.54) is 12.5 Å². The van der Waals surface area contributed by atoms with Gasteiger partial charge in [0.15, 0.2) is 0 Å². The summed E-state index contributed by atoms with van der Waals surface area (Å²) in [6.45, 7) is 14.1. The summed E-state index contributed by atoms with van der Waals surface area (Å²) in [4.78, 5) is 24.2. The third kappa shape index (κ3) is 5.98. The second kappa shape index (κ2) is 12.6. The number of aliphatic hydroxyl groups is 5. The van der Waals surface area contributed by atoms with Gasteiger partial charge in [-0.05, 0) is 106 Å². The molecule has 6 aliphatic rings. The van der Waals surface area contributed by atoms with Crippen LogP contribution in [0, 0.1) is 45.3 Å². The molecule has 0 aromatic carbocycles. The summed E-state index contributed by atoms with van der Waals surface area (Å²) in [6, 6.07) is 0. The maximum absolute atomic E-state index is 12.4. The average Bonchev–Trinajstić information content (AvgIpc) is 3.44. The Balaban J connectivity index is 0.000000179. The molecular weight excluding hydrogens is 572 g/mol. The highest BCUT2D eigenvalue weighted by molar-refractivity contribution is 5.87. The number of aliphatic hydroxyl groups excluding tert-OH is 5. The molecule has 45 heavy (non-hydrogen) atoms. The van der Waals surface area contributed by atoms with Crippen molar-refractivity contribution in [3.8, 4) is 0 Å². The number of fused-ring (bicyclic) bond motifs is 2. The van der Waals surface area contributed by atoms with Gasteiger partial charge in [0.25, 0.3) is 0 Å². The molecule has 6 saturated carbocycles. The largest absolute Gasteiger partial charge is 0.462 e. The fraction of sp³-hybridized carbons (Fsp3) is 0.892. The zero-order chi connectivity index (χ0) is 33.1. The minimum absolute atomic E-state index is 0.0351. The molecule has 0 saturated heterocycles. The van der Waals surface area contributed by atoms with Crippen LogP contribution in [0.4, 0.5) is 0 Å². The summed E-state index contributed by atoms with van der Waals surface area (Å²) >= 11 is 0. The zero-order valence-electron chi connectivity index (χ0n) is 28.3. The molecule has 6 rings (SSSR count). The Kier molecular flexibility index (Phi) is 9.81. The number of hydrogen-bond acceptors (Lipinski definition) is 8.